The number of rotatable bonds is 12. The largest absolute Gasteiger partial charge is 0.480 e. The van der Waals surface area contributed by atoms with Crippen LogP contribution in [0.4, 0.5) is 14.9 Å². The van der Waals surface area contributed by atoms with Crippen molar-refractivity contribution in [2.45, 2.75) is 39.8 Å². The first-order chi connectivity index (χ1) is 16.9. The van der Waals surface area contributed by atoms with E-state index in [1.807, 2.05) is 19.9 Å². The molecule has 2 aromatic carbocycles. The number of carbonyl (C=O) groups is 3. The molecule has 2 unspecified atom stereocenters. The van der Waals surface area contributed by atoms with Gasteiger partial charge in [-0.3, -0.25) is 14.3 Å². The summed E-state index contributed by atoms with van der Waals surface area (Å²) in [6.07, 6.45) is -1.78. The molecule has 196 valence electrons. The first-order valence-corrected chi connectivity index (χ1v) is 13.5. The van der Waals surface area contributed by atoms with E-state index >= 15 is 0 Å². The van der Waals surface area contributed by atoms with Crippen molar-refractivity contribution < 1.29 is 38.1 Å². The van der Waals surface area contributed by atoms with Crippen molar-refractivity contribution in [2.24, 2.45) is 11.8 Å². The molecule has 0 aromatic heterocycles. The van der Waals surface area contributed by atoms with Crippen LogP contribution in [-0.2, 0) is 25.5 Å². The maximum atomic E-state index is 13.5. The van der Waals surface area contributed by atoms with Gasteiger partial charge in [-0.15, -0.1) is 0 Å². The lowest BCUT2D eigenvalue weighted by molar-refractivity contribution is -0.140. The first-order valence-electron chi connectivity index (χ1n) is 11.5. The van der Waals surface area contributed by atoms with Gasteiger partial charge in [-0.1, -0.05) is 44.2 Å². The molecule has 0 radical (unpaired) electrons. The number of ether oxygens (including phenoxy) is 1. The summed E-state index contributed by atoms with van der Waals surface area (Å²) in [6.45, 7) is 4.94. The highest BCUT2D eigenvalue weighted by molar-refractivity contribution is 7.58. The number of hydrogen-bond acceptors (Lipinski definition) is 5. The van der Waals surface area contributed by atoms with Gasteiger partial charge in [-0.05, 0) is 49.1 Å². The van der Waals surface area contributed by atoms with Gasteiger partial charge in [0.25, 0.3) is 0 Å². The summed E-state index contributed by atoms with van der Waals surface area (Å²) in [5, 5.41) is 11.8. The minimum Gasteiger partial charge on any atom is -0.480 e. The van der Waals surface area contributed by atoms with E-state index in [1.54, 1.807) is 24.3 Å². The monoisotopic (exact) mass is 522 g/mol. The molecule has 0 aliphatic heterocycles. The number of alkyl carbamates (subject to hydrolysis) is 1. The molecule has 0 fully saturated rings. The molecule has 36 heavy (non-hydrogen) atoms. The lowest BCUT2D eigenvalue weighted by Gasteiger charge is -2.32. The van der Waals surface area contributed by atoms with Crippen LogP contribution in [0.15, 0.2) is 54.6 Å². The van der Waals surface area contributed by atoms with Crippen LogP contribution in [0.3, 0.4) is 0 Å². The number of nitrogens with one attached hydrogen (secondary N) is 1. The Balaban J connectivity index is 2.14. The highest BCUT2D eigenvalue weighted by Crippen LogP contribution is 2.43. The van der Waals surface area contributed by atoms with Crippen LogP contribution in [0.2, 0.25) is 0 Å². The number of benzene rings is 2. The Bertz CT molecular complexity index is 1080. The van der Waals surface area contributed by atoms with Gasteiger partial charge in [0.05, 0.1) is 6.29 Å². The van der Waals surface area contributed by atoms with E-state index in [9.17, 15) is 33.3 Å². The second-order valence-electron chi connectivity index (χ2n) is 8.95. The quantitative estimate of drug-likeness (QED) is 0.351. The number of hydrogen-bond donors (Lipinski definition) is 3. The second kappa shape index (κ2) is 13.2. The molecule has 2 amide bonds. The van der Waals surface area contributed by atoms with E-state index in [4.69, 9.17) is 4.74 Å². The summed E-state index contributed by atoms with van der Waals surface area (Å²) in [4.78, 5) is 48.8. The number of halogens is 1. The van der Waals surface area contributed by atoms with Crippen molar-refractivity contribution in [2.75, 3.05) is 17.3 Å². The van der Waals surface area contributed by atoms with E-state index in [0.717, 1.165) is 22.6 Å². The van der Waals surface area contributed by atoms with Crippen LogP contribution < -0.4 is 10.2 Å². The fraction of sp³-hybridized carbons (Fsp3) is 0.400. The summed E-state index contributed by atoms with van der Waals surface area (Å²) in [5.41, 5.74) is 0.899. The van der Waals surface area contributed by atoms with Gasteiger partial charge < -0.3 is 20.1 Å². The number of nitrogens with zero attached hydrogens (tertiary/aromatic N) is 1. The smallest absolute Gasteiger partial charge is 0.407 e. The molecule has 9 nitrogen and oxygen atoms in total. The number of anilines is 1. The average molecular weight is 523 g/mol. The highest BCUT2D eigenvalue weighted by Gasteiger charge is 2.36. The summed E-state index contributed by atoms with van der Waals surface area (Å²) < 4.78 is 31.4. The van der Waals surface area contributed by atoms with Crippen molar-refractivity contribution in [1.29, 1.82) is 0 Å². The zero-order valence-electron chi connectivity index (χ0n) is 20.5. The molecule has 2 aromatic rings. The zero-order chi connectivity index (χ0) is 26.9. The van der Waals surface area contributed by atoms with Crippen LogP contribution in [0.5, 0.6) is 0 Å². The summed E-state index contributed by atoms with van der Waals surface area (Å²) in [5.74, 6) is -3.59. The Morgan fingerprint density at radius 2 is 1.67 bits per heavy atom. The Kier molecular flexibility index (Phi) is 10.6. The summed E-state index contributed by atoms with van der Waals surface area (Å²) in [6, 6.07) is 12.4. The number of aliphatic carboxylic acids is 1. The molecular weight excluding hydrogens is 490 g/mol. The topological polar surface area (TPSA) is 133 Å². The van der Waals surface area contributed by atoms with Crippen LogP contribution in [-0.4, -0.2) is 46.5 Å². The normalized spacial score (nSPS) is 14.4. The third-order valence-electron chi connectivity index (χ3n) is 5.38. The van der Waals surface area contributed by atoms with Crippen molar-refractivity contribution in [3.63, 3.8) is 0 Å². The second-order valence-corrected chi connectivity index (χ2v) is 11.3. The standard InChI is InChI=1S/C25H32FN2O7P/c1-17(2)13-20(23(29)28(18(3)24(30)31)22-11-9-21(26)10-12-22)15-36(33,34)16-27-25(32)35-14-19-7-5-4-6-8-19/h4-12,17-18,20H,13-16H2,1-3H3,(H,27,32)(H,30,31)(H,33,34)/t18-,20?/m0/s1. The third kappa shape index (κ3) is 9.09. The number of carboxylic acids is 1. The van der Waals surface area contributed by atoms with Crippen molar-refractivity contribution in [3.8, 4) is 0 Å². The van der Waals surface area contributed by atoms with Crippen LogP contribution >= 0.6 is 7.37 Å². The number of carbonyl (C=O) groups excluding carboxylic acids is 2. The fourth-order valence-electron chi connectivity index (χ4n) is 3.64. The predicted molar refractivity (Wildman–Crippen MR) is 133 cm³/mol. The van der Waals surface area contributed by atoms with Crippen molar-refractivity contribution >= 4 is 31.0 Å². The molecule has 0 spiro atoms. The van der Waals surface area contributed by atoms with Crippen molar-refractivity contribution in [1.82, 2.24) is 5.32 Å². The van der Waals surface area contributed by atoms with Crippen LogP contribution in [0, 0.1) is 17.7 Å². The summed E-state index contributed by atoms with van der Waals surface area (Å²) >= 11 is 0. The molecule has 3 N–H and O–H groups in total. The Morgan fingerprint density at radius 3 is 2.22 bits per heavy atom. The van der Waals surface area contributed by atoms with Gasteiger partial charge in [0.1, 0.15) is 18.5 Å². The van der Waals surface area contributed by atoms with Crippen molar-refractivity contribution in [3.05, 3.63) is 66.0 Å². The van der Waals surface area contributed by atoms with E-state index < -0.39 is 55.6 Å². The third-order valence-corrected chi connectivity index (χ3v) is 7.04. The van der Waals surface area contributed by atoms with Crippen LogP contribution in [0.25, 0.3) is 0 Å². The molecule has 0 bridgehead atoms. The molecule has 0 saturated carbocycles. The number of amides is 2. The van der Waals surface area contributed by atoms with Gasteiger partial charge in [-0.25, -0.2) is 14.0 Å². The fourth-order valence-corrected chi connectivity index (χ4v) is 5.14. The molecule has 11 heteroatoms. The minimum absolute atomic E-state index is 0.0173. The van der Waals surface area contributed by atoms with Gasteiger partial charge >= 0.3 is 12.1 Å². The minimum atomic E-state index is -4.07. The molecular formula is C25H32FN2O7P. The molecule has 3 atom stereocenters. The SMILES string of the molecule is CC(C)CC(CP(=O)(O)CNC(=O)OCc1ccccc1)C(=O)N(c1ccc(F)cc1)[C@@H](C)C(=O)O. The molecule has 0 saturated heterocycles. The van der Waals surface area contributed by atoms with E-state index in [1.165, 1.54) is 19.1 Å². The average Bonchev–Trinajstić information content (AvgIpc) is 2.82. The molecule has 2 rings (SSSR count). The van der Waals surface area contributed by atoms with Crippen LogP contribution in [0.1, 0.15) is 32.8 Å². The Hall–Kier alpha value is -3.23. The van der Waals surface area contributed by atoms with E-state index in [0.29, 0.717) is 0 Å². The summed E-state index contributed by atoms with van der Waals surface area (Å²) in [7, 11) is -4.07. The molecule has 0 aliphatic carbocycles. The lowest BCUT2D eigenvalue weighted by Crippen LogP contribution is -2.47. The molecule has 0 heterocycles. The van der Waals surface area contributed by atoms with Gasteiger partial charge in [0, 0.05) is 17.8 Å². The van der Waals surface area contributed by atoms with Gasteiger partial charge in [0.2, 0.25) is 13.3 Å². The Labute approximate surface area is 209 Å². The van der Waals surface area contributed by atoms with E-state index in [-0.39, 0.29) is 24.6 Å². The van der Waals surface area contributed by atoms with E-state index in [2.05, 4.69) is 5.32 Å². The first kappa shape index (κ1) is 29.0. The molecule has 0 aliphatic rings. The highest BCUT2D eigenvalue weighted by atomic mass is 31.2. The zero-order valence-corrected chi connectivity index (χ0v) is 21.4. The van der Waals surface area contributed by atoms with Gasteiger partial charge in [-0.2, -0.15) is 0 Å². The maximum absolute atomic E-state index is 13.5. The predicted octanol–water partition coefficient (Wildman–Crippen LogP) is 4.45. The lowest BCUT2D eigenvalue weighted by atomic mass is 9.96. The van der Waals surface area contributed by atoms with Gasteiger partial charge in [0.15, 0.2) is 0 Å². The maximum Gasteiger partial charge on any atom is 0.407 e. The number of carboxylic acid groups (broad SMARTS) is 1. The Morgan fingerprint density at radius 1 is 1.06 bits per heavy atom.